The second kappa shape index (κ2) is 7.32. The number of benzene rings is 1. The molecule has 1 unspecified atom stereocenters. The van der Waals surface area contributed by atoms with E-state index in [9.17, 15) is 9.59 Å². The summed E-state index contributed by atoms with van der Waals surface area (Å²) in [4.78, 5) is 30.1. The van der Waals surface area contributed by atoms with Gasteiger partial charge in [0.1, 0.15) is 5.69 Å². The largest absolute Gasteiger partial charge is 0.337 e. The van der Waals surface area contributed by atoms with E-state index in [1.807, 2.05) is 11.0 Å². The monoisotopic (exact) mass is 392 g/mol. The van der Waals surface area contributed by atoms with Gasteiger partial charge in [-0.15, -0.1) is 0 Å². The lowest BCUT2D eigenvalue weighted by Crippen LogP contribution is -2.67. The van der Waals surface area contributed by atoms with Gasteiger partial charge in [-0.2, -0.15) is 5.10 Å². The number of carbonyl (C=O) groups is 2. The van der Waals surface area contributed by atoms with E-state index in [4.69, 9.17) is 0 Å². The number of β-lactam (4-membered cyclic amide) rings is 1. The van der Waals surface area contributed by atoms with E-state index >= 15 is 0 Å². The molecule has 2 amide bonds. The minimum atomic E-state index is -0.192. The van der Waals surface area contributed by atoms with Gasteiger partial charge < -0.3 is 9.80 Å². The van der Waals surface area contributed by atoms with Crippen molar-refractivity contribution < 1.29 is 9.59 Å². The van der Waals surface area contributed by atoms with Crippen LogP contribution in [0, 0.1) is 5.41 Å². The van der Waals surface area contributed by atoms with Gasteiger partial charge in [0.05, 0.1) is 11.5 Å². The van der Waals surface area contributed by atoms with Crippen LogP contribution in [0.1, 0.15) is 67.0 Å². The van der Waals surface area contributed by atoms with E-state index in [-0.39, 0.29) is 23.4 Å². The van der Waals surface area contributed by atoms with Crippen molar-refractivity contribution in [1.82, 2.24) is 20.0 Å². The highest BCUT2D eigenvalue weighted by Crippen LogP contribution is 2.59. The molecule has 1 N–H and O–H groups in total. The first-order valence-electron chi connectivity index (χ1n) is 10.9. The van der Waals surface area contributed by atoms with Gasteiger partial charge in [0.2, 0.25) is 5.91 Å². The van der Waals surface area contributed by atoms with Gasteiger partial charge >= 0.3 is 0 Å². The number of nitrogens with zero attached hydrogens (tertiary/aromatic N) is 3. The van der Waals surface area contributed by atoms with Crippen molar-refractivity contribution in [2.45, 2.75) is 57.0 Å². The molecule has 2 aromatic rings. The molecule has 0 radical (unpaired) electrons. The van der Waals surface area contributed by atoms with Gasteiger partial charge in [-0.25, -0.2) is 0 Å². The van der Waals surface area contributed by atoms with Crippen LogP contribution in [0.25, 0.3) is 0 Å². The SMILES string of the molecule is O=C(c1ccn[nH]1)N1CCC(N2C(=O)C3(CCCCC3)C2c2ccccc2)CC1. The maximum absolute atomic E-state index is 13.5. The predicted molar refractivity (Wildman–Crippen MR) is 109 cm³/mol. The fourth-order valence-corrected chi connectivity index (χ4v) is 5.75. The van der Waals surface area contributed by atoms with Crippen molar-refractivity contribution in [1.29, 1.82) is 0 Å². The topological polar surface area (TPSA) is 69.3 Å². The van der Waals surface area contributed by atoms with Gasteiger partial charge in [-0.05, 0) is 37.3 Å². The van der Waals surface area contributed by atoms with Crippen molar-refractivity contribution in [2.24, 2.45) is 5.41 Å². The standard InChI is InChI=1S/C23H28N4O2/c28-21(19-9-14-24-25-19)26-15-10-18(11-16-26)27-20(17-7-3-1-4-8-17)23(22(27)29)12-5-2-6-13-23/h1,3-4,7-9,14,18,20H,2,5-6,10-13,15-16H2,(H,24,25). The summed E-state index contributed by atoms with van der Waals surface area (Å²) in [6.45, 7) is 1.36. The molecular formula is C23H28N4O2. The zero-order valence-electron chi connectivity index (χ0n) is 16.7. The third kappa shape index (κ3) is 2.96. The molecule has 29 heavy (non-hydrogen) atoms. The normalized spacial score (nSPS) is 24.6. The Morgan fingerprint density at radius 2 is 1.76 bits per heavy atom. The molecule has 6 nitrogen and oxygen atoms in total. The molecule has 152 valence electrons. The van der Waals surface area contributed by atoms with E-state index in [2.05, 4.69) is 39.4 Å². The second-order valence-corrected chi connectivity index (χ2v) is 8.74. The van der Waals surface area contributed by atoms with Gasteiger partial charge in [-0.1, -0.05) is 49.6 Å². The third-order valence-corrected chi connectivity index (χ3v) is 7.20. The van der Waals surface area contributed by atoms with Crippen molar-refractivity contribution >= 4 is 11.8 Å². The van der Waals surface area contributed by atoms with Crippen LogP contribution >= 0.6 is 0 Å². The third-order valence-electron chi connectivity index (χ3n) is 7.20. The fourth-order valence-electron chi connectivity index (χ4n) is 5.75. The van der Waals surface area contributed by atoms with Crippen molar-refractivity contribution in [2.75, 3.05) is 13.1 Å². The Bertz CT molecular complexity index is 866. The number of likely N-dealkylation sites (tertiary alicyclic amines) is 2. The number of nitrogens with one attached hydrogen (secondary N) is 1. The first-order chi connectivity index (χ1) is 14.2. The highest BCUT2D eigenvalue weighted by atomic mass is 16.2. The molecule has 1 aliphatic carbocycles. The summed E-state index contributed by atoms with van der Waals surface area (Å²) >= 11 is 0. The molecule has 1 spiro atoms. The number of piperidine rings is 1. The Kier molecular flexibility index (Phi) is 4.64. The molecule has 2 aliphatic heterocycles. The molecule has 1 aromatic heterocycles. The molecule has 6 heteroatoms. The van der Waals surface area contributed by atoms with Crippen LogP contribution in [0.4, 0.5) is 0 Å². The van der Waals surface area contributed by atoms with Gasteiger partial charge in [-0.3, -0.25) is 14.7 Å². The minimum absolute atomic E-state index is 0.000698. The zero-order valence-corrected chi connectivity index (χ0v) is 16.7. The Morgan fingerprint density at radius 3 is 2.41 bits per heavy atom. The van der Waals surface area contributed by atoms with Crippen LogP contribution < -0.4 is 0 Å². The van der Waals surface area contributed by atoms with Crippen molar-refractivity contribution in [3.63, 3.8) is 0 Å². The summed E-state index contributed by atoms with van der Waals surface area (Å²) in [7, 11) is 0. The molecule has 1 aromatic carbocycles. The first-order valence-corrected chi connectivity index (χ1v) is 10.9. The molecule has 0 bridgehead atoms. The number of hydrogen-bond donors (Lipinski definition) is 1. The number of aromatic amines is 1. The van der Waals surface area contributed by atoms with Gasteiger partial charge in [0.15, 0.2) is 0 Å². The lowest BCUT2D eigenvalue weighted by molar-refractivity contribution is -0.186. The van der Waals surface area contributed by atoms with Gasteiger partial charge in [0, 0.05) is 25.3 Å². The molecule has 1 atom stereocenters. The van der Waals surface area contributed by atoms with Crippen molar-refractivity contribution in [3.05, 3.63) is 53.9 Å². The molecule has 3 heterocycles. The Labute approximate surface area is 171 Å². The highest BCUT2D eigenvalue weighted by molar-refractivity contribution is 5.93. The van der Waals surface area contributed by atoms with Crippen LogP contribution in [0.3, 0.4) is 0 Å². The number of amides is 2. The molecule has 5 rings (SSSR count). The lowest BCUT2D eigenvalue weighted by atomic mass is 9.59. The predicted octanol–water partition coefficient (Wildman–Crippen LogP) is 3.55. The van der Waals surface area contributed by atoms with E-state index in [1.165, 1.54) is 12.0 Å². The highest BCUT2D eigenvalue weighted by Gasteiger charge is 2.62. The summed E-state index contributed by atoms with van der Waals surface area (Å²) in [6, 6.07) is 12.7. The summed E-state index contributed by atoms with van der Waals surface area (Å²) in [6.07, 6.45) is 8.85. The Morgan fingerprint density at radius 1 is 1.03 bits per heavy atom. The first kappa shape index (κ1) is 18.4. The number of rotatable bonds is 3. The van der Waals surface area contributed by atoms with Gasteiger partial charge in [0.25, 0.3) is 5.91 Å². The van der Waals surface area contributed by atoms with Crippen LogP contribution in [-0.2, 0) is 4.79 Å². The Balaban J connectivity index is 1.34. The van der Waals surface area contributed by atoms with Crippen LogP contribution in [-0.4, -0.2) is 50.9 Å². The Hall–Kier alpha value is -2.63. The fraction of sp³-hybridized carbons (Fsp3) is 0.522. The number of carbonyl (C=O) groups excluding carboxylic acids is 2. The number of aromatic nitrogens is 2. The summed E-state index contributed by atoms with van der Waals surface area (Å²) in [5.74, 6) is 0.351. The zero-order chi connectivity index (χ0) is 19.8. The van der Waals surface area contributed by atoms with E-state index in [0.29, 0.717) is 24.7 Å². The summed E-state index contributed by atoms with van der Waals surface area (Å²) in [5.41, 5.74) is 1.61. The van der Waals surface area contributed by atoms with E-state index < -0.39 is 0 Å². The second-order valence-electron chi connectivity index (χ2n) is 8.74. The maximum atomic E-state index is 13.5. The average Bonchev–Trinajstić information content (AvgIpc) is 3.33. The summed E-state index contributed by atoms with van der Waals surface area (Å²) < 4.78 is 0. The maximum Gasteiger partial charge on any atom is 0.271 e. The molecule has 1 saturated carbocycles. The van der Waals surface area contributed by atoms with Crippen LogP contribution in [0.2, 0.25) is 0 Å². The average molecular weight is 393 g/mol. The molecule has 3 aliphatic rings. The quantitative estimate of drug-likeness (QED) is 0.812. The van der Waals surface area contributed by atoms with E-state index in [1.54, 1.807) is 12.3 Å². The van der Waals surface area contributed by atoms with Crippen molar-refractivity contribution in [3.8, 4) is 0 Å². The number of H-pyrrole nitrogens is 1. The summed E-state index contributed by atoms with van der Waals surface area (Å²) in [5, 5.41) is 6.64. The minimum Gasteiger partial charge on any atom is -0.337 e. The molecular weight excluding hydrogens is 364 g/mol. The van der Waals surface area contributed by atoms with Crippen LogP contribution in [0.5, 0.6) is 0 Å². The van der Waals surface area contributed by atoms with E-state index in [0.717, 1.165) is 38.5 Å². The molecule has 3 fully saturated rings. The molecule has 2 saturated heterocycles. The smallest absolute Gasteiger partial charge is 0.271 e. The van der Waals surface area contributed by atoms with Crippen LogP contribution in [0.15, 0.2) is 42.6 Å². The number of hydrogen-bond acceptors (Lipinski definition) is 3. The lowest BCUT2D eigenvalue weighted by Gasteiger charge is -2.61.